The maximum Gasteiger partial charge on any atom is 0.337 e. The van der Waals surface area contributed by atoms with Gasteiger partial charge in [-0.25, -0.2) is 4.79 Å². The first kappa shape index (κ1) is 27.3. The van der Waals surface area contributed by atoms with Crippen LogP contribution in [0.15, 0.2) is 83.4 Å². The molecule has 2 N–H and O–H groups in total. The number of hydrogen-bond donors (Lipinski definition) is 2. The van der Waals surface area contributed by atoms with E-state index in [1.165, 1.54) is 14.2 Å². The lowest BCUT2D eigenvalue weighted by molar-refractivity contribution is -0.119. The number of esters is 1. The number of carbonyl (C=O) groups is 2. The van der Waals surface area contributed by atoms with Gasteiger partial charge in [0.2, 0.25) is 5.91 Å². The van der Waals surface area contributed by atoms with Crippen LogP contribution in [-0.2, 0) is 14.3 Å². The lowest BCUT2D eigenvalue weighted by atomic mass is 10.0. The summed E-state index contributed by atoms with van der Waals surface area (Å²) in [4.78, 5) is 30.5. The van der Waals surface area contributed by atoms with Gasteiger partial charge >= 0.3 is 5.97 Å². The number of nitrogens with one attached hydrogen (secondary N) is 2. The molecule has 204 valence electrons. The van der Waals surface area contributed by atoms with Crippen molar-refractivity contribution in [3.8, 4) is 11.3 Å². The van der Waals surface area contributed by atoms with Gasteiger partial charge in [-0.05, 0) is 66.8 Å². The third-order valence-corrected chi connectivity index (χ3v) is 6.99. The topological polar surface area (TPSA) is 106 Å². The average molecular weight is 577 g/mol. The molecule has 1 amide bonds. The summed E-state index contributed by atoms with van der Waals surface area (Å²) < 4.78 is 16.1. The smallest absolute Gasteiger partial charge is 0.337 e. The van der Waals surface area contributed by atoms with Crippen LogP contribution in [0.1, 0.15) is 33.9 Å². The fraction of sp³-hybridized carbons (Fsp3) is 0.172. The number of ether oxygens (including phenoxy) is 2. The van der Waals surface area contributed by atoms with E-state index in [9.17, 15) is 9.59 Å². The van der Waals surface area contributed by atoms with E-state index in [1.807, 2.05) is 47.4 Å². The summed E-state index contributed by atoms with van der Waals surface area (Å²) in [6, 6.07) is 20.9. The van der Waals surface area contributed by atoms with Crippen LogP contribution in [0.2, 0.25) is 5.02 Å². The Labute approximate surface area is 241 Å². The van der Waals surface area contributed by atoms with Gasteiger partial charge in [-0.2, -0.15) is 0 Å². The molecule has 2 aromatic heterocycles. The SMILES string of the molecule is COCC(=O)Nc1ccc(N2C(=S)N[C@H](c3ccccn3)[C@H]2c2ccc(-c3cccc(C(=O)OC)c3)o2)cc1Cl. The minimum absolute atomic E-state index is 0.0879. The maximum absolute atomic E-state index is 12.1. The summed E-state index contributed by atoms with van der Waals surface area (Å²) in [6.07, 6.45) is 1.72. The Balaban J connectivity index is 1.53. The van der Waals surface area contributed by atoms with Crippen LogP contribution in [0.4, 0.5) is 11.4 Å². The molecule has 1 aliphatic heterocycles. The number of nitrogens with zero attached hydrogens (tertiary/aromatic N) is 2. The minimum Gasteiger partial charge on any atom is -0.465 e. The second-order valence-corrected chi connectivity index (χ2v) is 9.71. The Kier molecular flexibility index (Phi) is 8.11. The van der Waals surface area contributed by atoms with Gasteiger partial charge in [-0.15, -0.1) is 0 Å². The largest absolute Gasteiger partial charge is 0.465 e. The van der Waals surface area contributed by atoms with E-state index in [-0.39, 0.29) is 18.6 Å². The standard InChI is InChI=1S/C29H25ClN4O5S/c1-37-16-25(35)32-21-10-9-19(15-20(21)30)34-27(26(33-29(34)40)22-8-3-4-13-31-22)24-12-11-23(39-24)17-6-5-7-18(14-17)28(36)38-2/h3-15,26-27H,16H2,1-2H3,(H,32,35)(H,33,40)/t26-,27-/m1/s1. The summed E-state index contributed by atoms with van der Waals surface area (Å²) in [5.41, 5.74) is 3.07. The molecule has 0 unspecified atom stereocenters. The second kappa shape index (κ2) is 11.9. The van der Waals surface area contributed by atoms with Crippen LogP contribution in [0.5, 0.6) is 0 Å². The van der Waals surface area contributed by atoms with Gasteiger partial charge in [-0.1, -0.05) is 29.8 Å². The van der Waals surface area contributed by atoms with Gasteiger partial charge < -0.3 is 29.4 Å². The molecule has 5 rings (SSSR count). The summed E-state index contributed by atoms with van der Waals surface area (Å²) >= 11 is 12.3. The number of pyridine rings is 1. The van der Waals surface area contributed by atoms with Crippen molar-refractivity contribution in [2.45, 2.75) is 12.1 Å². The number of amides is 1. The van der Waals surface area contributed by atoms with Crippen molar-refractivity contribution in [2.24, 2.45) is 0 Å². The summed E-state index contributed by atoms with van der Waals surface area (Å²) in [5.74, 6) is 0.449. The molecule has 1 saturated heterocycles. The molecule has 3 heterocycles. The molecule has 9 nitrogen and oxygen atoms in total. The summed E-state index contributed by atoms with van der Waals surface area (Å²) in [7, 11) is 2.79. The van der Waals surface area contributed by atoms with E-state index >= 15 is 0 Å². The molecule has 0 bridgehead atoms. The van der Waals surface area contributed by atoms with Crippen molar-refractivity contribution in [3.05, 3.63) is 101 Å². The second-order valence-electron chi connectivity index (χ2n) is 8.92. The Bertz CT molecular complexity index is 1560. The van der Waals surface area contributed by atoms with Crippen molar-refractivity contribution < 1.29 is 23.5 Å². The van der Waals surface area contributed by atoms with E-state index in [2.05, 4.69) is 15.6 Å². The number of thiocarbonyl (C=S) groups is 1. The number of benzene rings is 2. The molecule has 40 heavy (non-hydrogen) atoms. The highest BCUT2D eigenvalue weighted by atomic mass is 35.5. The minimum atomic E-state index is -0.431. The van der Waals surface area contributed by atoms with Gasteiger partial charge in [0, 0.05) is 24.6 Å². The maximum atomic E-state index is 12.1. The fourth-order valence-electron chi connectivity index (χ4n) is 4.58. The Morgan fingerprint density at radius 2 is 1.95 bits per heavy atom. The van der Waals surface area contributed by atoms with Crippen LogP contribution < -0.4 is 15.5 Å². The first-order valence-electron chi connectivity index (χ1n) is 12.3. The number of aromatic nitrogens is 1. The molecule has 0 radical (unpaired) electrons. The van der Waals surface area contributed by atoms with Crippen LogP contribution in [-0.4, -0.2) is 42.8 Å². The first-order valence-corrected chi connectivity index (χ1v) is 13.1. The van der Waals surface area contributed by atoms with E-state index in [4.69, 9.17) is 37.7 Å². The molecule has 2 atom stereocenters. The molecular formula is C29H25ClN4O5S. The lowest BCUT2D eigenvalue weighted by Gasteiger charge is -2.26. The van der Waals surface area contributed by atoms with Gasteiger partial charge in [0.15, 0.2) is 5.11 Å². The van der Waals surface area contributed by atoms with Crippen molar-refractivity contribution in [1.29, 1.82) is 0 Å². The van der Waals surface area contributed by atoms with Crippen molar-refractivity contribution in [3.63, 3.8) is 0 Å². The van der Waals surface area contributed by atoms with E-state index in [0.29, 0.717) is 38.6 Å². The van der Waals surface area contributed by atoms with E-state index in [1.54, 1.807) is 36.5 Å². The average Bonchev–Trinajstić information content (AvgIpc) is 3.59. The third-order valence-electron chi connectivity index (χ3n) is 6.36. The molecule has 0 saturated carbocycles. The Hall–Kier alpha value is -4.25. The Morgan fingerprint density at radius 1 is 1.10 bits per heavy atom. The summed E-state index contributed by atoms with van der Waals surface area (Å²) in [5, 5.41) is 6.90. The predicted molar refractivity (Wildman–Crippen MR) is 155 cm³/mol. The van der Waals surface area contributed by atoms with Crippen molar-refractivity contribution in [2.75, 3.05) is 31.0 Å². The lowest BCUT2D eigenvalue weighted by Crippen LogP contribution is -2.29. The van der Waals surface area contributed by atoms with E-state index in [0.717, 1.165) is 11.3 Å². The van der Waals surface area contributed by atoms with E-state index < -0.39 is 12.0 Å². The zero-order valence-corrected chi connectivity index (χ0v) is 23.2. The highest BCUT2D eigenvalue weighted by Crippen LogP contribution is 2.44. The van der Waals surface area contributed by atoms with Crippen molar-refractivity contribution in [1.82, 2.24) is 10.3 Å². The Morgan fingerprint density at radius 3 is 2.67 bits per heavy atom. The first-order chi connectivity index (χ1) is 19.4. The molecule has 0 spiro atoms. The van der Waals surface area contributed by atoms with Gasteiger partial charge in [0.1, 0.15) is 24.2 Å². The predicted octanol–water partition coefficient (Wildman–Crippen LogP) is 5.54. The molecule has 0 aliphatic carbocycles. The van der Waals surface area contributed by atoms with Gasteiger partial charge in [0.25, 0.3) is 0 Å². The number of halogens is 1. The molecule has 1 aliphatic rings. The fourth-order valence-corrected chi connectivity index (χ4v) is 5.15. The number of anilines is 2. The van der Waals surface area contributed by atoms with Gasteiger partial charge in [0.05, 0.1) is 35.1 Å². The van der Waals surface area contributed by atoms with Crippen LogP contribution in [0, 0.1) is 0 Å². The molecule has 11 heteroatoms. The molecule has 2 aromatic carbocycles. The highest BCUT2D eigenvalue weighted by molar-refractivity contribution is 7.80. The number of carbonyl (C=O) groups excluding carboxylic acids is 2. The monoisotopic (exact) mass is 576 g/mol. The molecular weight excluding hydrogens is 552 g/mol. The number of hydrogen-bond acceptors (Lipinski definition) is 7. The molecule has 4 aromatic rings. The number of furan rings is 1. The van der Waals surface area contributed by atoms with Gasteiger partial charge in [-0.3, -0.25) is 9.78 Å². The normalized spacial score (nSPS) is 16.5. The third kappa shape index (κ3) is 5.55. The summed E-state index contributed by atoms with van der Waals surface area (Å²) in [6.45, 7) is -0.0879. The zero-order chi connectivity index (χ0) is 28.2. The molecule has 1 fully saturated rings. The zero-order valence-electron chi connectivity index (χ0n) is 21.6. The number of methoxy groups -OCH3 is 2. The van der Waals surface area contributed by atoms with Crippen LogP contribution in [0.25, 0.3) is 11.3 Å². The number of rotatable bonds is 8. The van der Waals surface area contributed by atoms with Crippen molar-refractivity contribution >= 4 is 52.2 Å². The highest BCUT2D eigenvalue weighted by Gasteiger charge is 2.42. The van der Waals surface area contributed by atoms with Crippen LogP contribution in [0.3, 0.4) is 0 Å². The quantitative estimate of drug-likeness (QED) is 0.206. The van der Waals surface area contributed by atoms with Crippen LogP contribution >= 0.6 is 23.8 Å².